The topological polar surface area (TPSA) is 40.5 Å². The lowest BCUT2D eigenvalue weighted by Gasteiger charge is -2.12. The lowest BCUT2D eigenvalue weighted by molar-refractivity contribution is -0.140. The van der Waals surface area contributed by atoms with Gasteiger partial charge in [-0.05, 0) is 37.0 Å². The number of allylic oxidation sites excluding steroid dienone is 2. The van der Waals surface area contributed by atoms with E-state index in [0.29, 0.717) is 18.8 Å². The Morgan fingerprint density at radius 2 is 2.07 bits per heavy atom. The summed E-state index contributed by atoms with van der Waals surface area (Å²) in [6.45, 7) is 11.4. The van der Waals surface area contributed by atoms with E-state index in [1.807, 2.05) is 13.0 Å². The van der Waals surface area contributed by atoms with E-state index in [1.54, 1.807) is 7.11 Å². The Kier molecular flexibility index (Phi) is 7.28. The molecule has 1 heterocycles. The van der Waals surface area contributed by atoms with E-state index in [0.717, 1.165) is 35.5 Å². The summed E-state index contributed by atoms with van der Waals surface area (Å²) in [5.74, 6) is 1.15. The second-order valence-corrected chi connectivity index (χ2v) is 7.00. The number of aromatic nitrogens is 1. The first-order valence-electron chi connectivity index (χ1n) is 9.54. The minimum absolute atomic E-state index is 0.183. The molecule has 0 bridgehead atoms. The number of ether oxygens (including phenoxy) is 2. The van der Waals surface area contributed by atoms with Gasteiger partial charge >= 0.3 is 5.97 Å². The van der Waals surface area contributed by atoms with Crippen molar-refractivity contribution in [3.05, 3.63) is 42.1 Å². The van der Waals surface area contributed by atoms with Gasteiger partial charge in [-0.3, -0.25) is 4.79 Å². The number of esters is 1. The maximum atomic E-state index is 11.5. The number of fused-ring (bicyclic) bond motifs is 1. The second-order valence-electron chi connectivity index (χ2n) is 7.00. The number of carbonyl (C=O) groups is 1. The molecule has 27 heavy (non-hydrogen) atoms. The first-order valence-corrected chi connectivity index (χ1v) is 9.54. The Labute approximate surface area is 162 Å². The van der Waals surface area contributed by atoms with Crippen molar-refractivity contribution in [2.75, 3.05) is 14.2 Å². The van der Waals surface area contributed by atoms with Crippen LogP contribution < -0.4 is 4.74 Å². The van der Waals surface area contributed by atoms with Gasteiger partial charge in [-0.15, -0.1) is 0 Å². The molecule has 1 aromatic carbocycles. The zero-order valence-corrected chi connectivity index (χ0v) is 17.2. The van der Waals surface area contributed by atoms with Crippen molar-refractivity contribution in [2.24, 2.45) is 5.92 Å². The number of nitrogens with zero attached hydrogens (tertiary/aromatic N) is 1. The van der Waals surface area contributed by atoms with Crippen molar-refractivity contribution in [1.82, 2.24) is 4.57 Å². The average molecular weight is 370 g/mol. The number of methoxy groups -OCH3 is 2. The minimum atomic E-state index is -0.183. The Bertz CT molecular complexity index is 845. The Morgan fingerprint density at radius 1 is 1.33 bits per heavy atom. The molecule has 0 spiro atoms. The smallest absolute Gasteiger partial charge is 0.305 e. The summed E-state index contributed by atoms with van der Waals surface area (Å²) in [4.78, 5) is 11.5. The summed E-state index contributed by atoms with van der Waals surface area (Å²) >= 11 is 0. The van der Waals surface area contributed by atoms with Crippen LogP contribution in [0.3, 0.4) is 0 Å². The molecule has 2 rings (SSSR count). The lowest BCUT2D eigenvalue weighted by Crippen LogP contribution is -2.06. The highest BCUT2D eigenvalue weighted by atomic mass is 16.5. The maximum Gasteiger partial charge on any atom is 0.305 e. The molecule has 1 aromatic heterocycles. The molecule has 0 radical (unpaired) electrons. The van der Waals surface area contributed by atoms with E-state index in [2.05, 4.69) is 49.3 Å². The van der Waals surface area contributed by atoms with Crippen LogP contribution in [-0.2, 0) is 16.1 Å². The number of carbonyl (C=O) groups excluding carboxylic acids is 1. The average Bonchev–Trinajstić information content (AvgIpc) is 2.98. The van der Waals surface area contributed by atoms with Crippen LogP contribution in [0.2, 0.25) is 0 Å². The van der Waals surface area contributed by atoms with E-state index in [4.69, 9.17) is 9.47 Å². The normalized spacial score (nSPS) is 12.5. The molecule has 146 valence electrons. The predicted molar refractivity (Wildman–Crippen MR) is 113 cm³/mol. The van der Waals surface area contributed by atoms with E-state index in [1.165, 1.54) is 18.1 Å². The SMILES string of the molecule is C=C(C)c1c(/C=C\C(C)CC)c2ccc(OC)cc2n1CCCC(=O)OC. The molecule has 2 aromatic rings. The van der Waals surface area contributed by atoms with Crippen LogP contribution in [0.25, 0.3) is 22.6 Å². The Hall–Kier alpha value is -2.49. The van der Waals surface area contributed by atoms with Gasteiger partial charge in [-0.1, -0.05) is 39.0 Å². The van der Waals surface area contributed by atoms with Crippen LogP contribution in [0.5, 0.6) is 5.75 Å². The Balaban J connectivity index is 2.58. The molecule has 0 saturated heterocycles. The molecule has 4 nitrogen and oxygen atoms in total. The summed E-state index contributed by atoms with van der Waals surface area (Å²) < 4.78 is 12.5. The van der Waals surface area contributed by atoms with Crippen LogP contribution in [0.1, 0.15) is 51.3 Å². The predicted octanol–water partition coefficient (Wildman–Crippen LogP) is 5.70. The van der Waals surface area contributed by atoms with Crippen LogP contribution >= 0.6 is 0 Å². The summed E-state index contributed by atoms with van der Waals surface area (Å²) in [7, 11) is 3.10. The van der Waals surface area contributed by atoms with Gasteiger partial charge in [0.05, 0.1) is 25.4 Å². The zero-order chi connectivity index (χ0) is 20.0. The molecule has 0 aliphatic heterocycles. The number of aryl methyl sites for hydroxylation is 1. The standard InChI is InChI=1S/C23H31NO3/c1-7-17(4)10-12-20-19-13-11-18(26-5)15-21(19)24(23(20)16(2)3)14-8-9-22(25)27-6/h10-13,15,17H,2,7-9,14H2,1,3-6H3/b12-10-. The van der Waals surface area contributed by atoms with Crippen molar-refractivity contribution < 1.29 is 14.3 Å². The summed E-state index contributed by atoms with van der Waals surface area (Å²) in [5.41, 5.74) is 4.40. The molecule has 1 atom stereocenters. The van der Waals surface area contributed by atoms with E-state index >= 15 is 0 Å². The quantitative estimate of drug-likeness (QED) is 0.533. The third kappa shape index (κ3) is 4.82. The van der Waals surface area contributed by atoms with Crippen molar-refractivity contribution in [1.29, 1.82) is 0 Å². The highest BCUT2D eigenvalue weighted by Crippen LogP contribution is 2.34. The molecule has 0 amide bonds. The van der Waals surface area contributed by atoms with Crippen molar-refractivity contribution in [3.63, 3.8) is 0 Å². The highest BCUT2D eigenvalue weighted by molar-refractivity contribution is 5.96. The highest BCUT2D eigenvalue weighted by Gasteiger charge is 2.17. The maximum absolute atomic E-state index is 11.5. The van der Waals surface area contributed by atoms with Crippen molar-refractivity contribution in [3.8, 4) is 5.75 Å². The van der Waals surface area contributed by atoms with Gasteiger partial charge in [-0.25, -0.2) is 0 Å². The molecular formula is C23H31NO3. The number of benzene rings is 1. The first-order chi connectivity index (χ1) is 12.9. The number of hydrogen-bond acceptors (Lipinski definition) is 3. The first kappa shape index (κ1) is 20.8. The minimum Gasteiger partial charge on any atom is -0.497 e. The van der Waals surface area contributed by atoms with E-state index in [-0.39, 0.29) is 5.97 Å². The van der Waals surface area contributed by atoms with Crippen LogP contribution in [0, 0.1) is 5.92 Å². The Morgan fingerprint density at radius 3 is 2.67 bits per heavy atom. The van der Waals surface area contributed by atoms with Gasteiger partial charge in [0, 0.05) is 30.0 Å². The molecule has 4 heteroatoms. The van der Waals surface area contributed by atoms with Crippen LogP contribution in [0.15, 0.2) is 30.9 Å². The summed E-state index contributed by atoms with van der Waals surface area (Å²) in [5, 5.41) is 1.17. The molecule has 0 saturated carbocycles. The summed E-state index contributed by atoms with van der Waals surface area (Å²) in [6.07, 6.45) is 6.68. The number of hydrogen-bond donors (Lipinski definition) is 0. The lowest BCUT2D eigenvalue weighted by atomic mass is 10.0. The van der Waals surface area contributed by atoms with Crippen LogP contribution in [0.4, 0.5) is 0 Å². The van der Waals surface area contributed by atoms with Gasteiger partial charge < -0.3 is 14.0 Å². The number of rotatable bonds is 9. The van der Waals surface area contributed by atoms with Crippen LogP contribution in [-0.4, -0.2) is 24.8 Å². The molecular weight excluding hydrogens is 338 g/mol. The largest absolute Gasteiger partial charge is 0.497 e. The van der Waals surface area contributed by atoms with Gasteiger partial charge in [-0.2, -0.15) is 0 Å². The van der Waals surface area contributed by atoms with Gasteiger partial charge in [0.1, 0.15) is 5.75 Å². The third-order valence-electron chi connectivity index (χ3n) is 4.94. The van der Waals surface area contributed by atoms with Gasteiger partial charge in [0.2, 0.25) is 0 Å². The van der Waals surface area contributed by atoms with E-state index < -0.39 is 0 Å². The molecule has 0 aliphatic rings. The van der Waals surface area contributed by atoms with Gasteiger partial charge in [0.15, 0.2) is 0 Å². The zero-order valence-electron chi connectivity index (χ0n) is 17.2. The van der Waals surface area contributed by atoms with Crippen molar-refractivity contribution in [2.45, 2.75) is 46.6 Å². The fourth-order valence-electron chi connectivity index (χ4n) is 3.22. The monoisotopic (exact) mass is 369 g/mol. The van der Waals surface area contributed by atoms with E-state index in [9.17, 15) is 4.79 Å². The van der Waals surface area contributed by atoms with Crippen molar-refractivity contribution >= 4 is 28.5 Å². The molecule has 0 aliphatic carbocycles. The third-order valence-corrected chi connectivity index (χ3v) is 4.94. The van der Waals surface area contributed by atoms with Gasteiger partial charge in [0.25, 0.3) is 0 Å². The molecule has 0 N–H and O–H groups in total. The second kappa shape index (κ2) is 9.45. The fourth-order valence-corrected chi connectivity index (χ4v) is 3.22. The summed E-state index contributed by atoms with van der Waals surface area (Å²) in [6, 6.07) is 6.15. The molecule has 0 fully saturated rings. The fraction of sp³-hybridized carbons (Fsp3) is 0.435. The molecule has 1 unspecified atom stereocenters.